The molecule has 2 heterocycles. The van der Waals surface area contributed by atoms with E-state index in [4.69, 9.17) is 0 Å². The van der Waals surface area contributed by atoms with E-state index in [-0.39, 0.29) is 5.91 Å². The Balaban J connectivity index is 1.48. The van der Waals surface area contributed by atoms with E-state index in [9.17, 15) is 9.90 Å². The highest BCUT2D eigenvalue weighted by atomic mass is 32.1. The number of pyridine rings is 1. The number of rotatable bonds is 8. The second-order valence-corrected chi connectivity index (χ2v) is 8.86. The highest BCUT2D eigenvalue weighted by Crippen LogP contribution is 2.27. The third kappa shape index (κ3) is 6.03. The molecule has 6 nitrogen and oxygen atoms in total. The number of thiazole rings is 1. The first-order valence-electron chi connectivity index (χ1n) is 10.8. The van der Waals surface area contributed by atoms with Crippen LogP contribution in [-0.2, 0) is 6.42 Å². The summed E-state index contributed by atoms with van der Waals surface area (Å²) in [5.41, 5.74) is 5.12. The fraction of sp³-hybridized carbons (Fsp3) is 0.192. The summed E-state index contributed by atoms with van der Waals surface area (Å²) in [6.07, 6.45) is 3.38. The minimum Gasteiger partial charge on any atom is -0.391 e. The summed E-state index contributed by atoms with van der Waals surface area (Å²) in [7, 11) is 0. The van der Waals surface area contributed by atoms with E-state index in [0.717, 1.165) is 33.2 Å². The van der Waals surface area contributed by atoms with Crippen LogP contribution in [0.25, 0.3) is 11.3 Å². The van der Waals surface area contributed by atoms with Crippen molar-refractivity contribution < 1.29 is 9.90 Å². The third-order valence-electron chi connectivity index (χ3n) is 5.25. The van der Waals surface area contributed by atoms with E-state index in [1.54, 1.807) is 25.4 Å². The molecular formula is C26H26N4O2S. The number of aromatic nitrogens is 2. The summed E-state index contributed by atoms with van der Waals surface area (Å²) in [6.45, 7) is 3.64. The number of nitrogens with one attached hydrogen (secondary N) is 2. The van der Waals surface area contributed by atoms with Crippen molar-refractivity contribution in [1.29, 1.82) is 0 Å². The fourth-order valence-corrected chi connectivity index (χ4v) is 4.29. The van der Waals surface area contributed by atoms with Gasteiger partial charge in [-0.1, -0.05) is 30.3 Å². The predicted molar refractivity (Wildman–Crippen MR) is 133 cm³/mol. The number of hydrogen-bond donors (Lipinski definition) is 3. The van der Waals surface area contributed by atoms with Crippen molar-refractivity contribution in [3.63, 3.8) is 0 Å². The molecule has 4 aromatic rings. The van der Waals surface area contributed by atoms with Gasteiger partial charge in [-0.3, -0.25) is 9.78 Å². The molecule has 3 N–H and O–H groups in total. The molecular weight excluding hydrogens is 432 g/mol. The van der Waals surface area contributed by atoms with Gasteiger partial charge >= 0.3 is 0 Å². The second kappa shape index (κ2) is 10.4. The van der Waals surface area contributed by atoms with Gasteiger partial charge in [0.2, 0.25) is 0 Å². The lowest BCUT2D eigenvalue weighted by Gasteiger charge is -2.22. The van der Waals surface area contributed by atoms with E-state index < -0.39 is 12.1 Å². The molecule has 168 valence electrons. The molecule has 0 aliphatic rings. The van der Waals surface area contributed by atoms with Crippen LogP contribution in [-0.4, -0.2) is 33.1 Å². The Bertz CT molecular complexity index is 1210. The van der Waals surface area contributed by atoms with Gasteiger partial charge in [0.25, 0.3) is 5.91 Å². The van der Waals surface area contributed by atoms with Crippen LogP contribution in [0.1, 0.15) is 28.4 Å². The standard InChI is InChI=1S/C26H26N4O2S/c1-17-11-21(25(32)29-23(18(2)31)13-19-7-4-3-5-8-19)14-22(12-17)28-26-30-24(16-33-26)20-9-6-10-27-15-20/h3-12,14-16,18,23,31H,13H2,1-2H3,(H,28,30)(H,29,32)/t18-,23+/m1/s1. The molecule has 0 saturated heterocycles. The van der Waals surface area contributed by atoms with Crippen molar-refractivity contribution in [1.82, 2.24) is 15.3 Å². The summed E-state index contributed by atoms with van der Waals surface area (Å²) in [5.74, 6) is -0.223. The molecule has 7 heteroatoms. The number of hydrogen-bond acceptors (Lipinski definition) is 6. The number of aliphatic hydroxyl groups excluding tert-OH is 1. The van der Waals surface area contributed by atoms with Gasteiger partial charge in [-0.15, -0.1) is 11.3 Å². The van der Waals surface area contributed by atoms with Crippen LogP contribution in [0.2, 0.25) is 0 Å². The Labute approximate surface area is 197 Å². The molecule has 33 heavy (non-hydrogen) atoms. The molecule has 0 saturated carbocycles. The summed E-state index contributed by atoms with van der Waals surface area (Å²) in [4.78, 5) is 21.8. The maximum atomic E-state index is 13.0. The number of anilines is 2. The van der Waals surface area contributed by atoms with Crippen molar-refractivity contribution in [2.45, 2.75) is 32.4 Å². The predicted octanol–water partition coefficient (Wildman–Crippen LogP) is 4.98. The van der Waals surface area contributed by atoms with Gasteiger partial charge in [-0.2, -0.15) is 0 Å². The third-order valence-corrected chi connectivity index (χ3v) is 6.01. The minimum atomic E-state index is -0.683. The lowest BCUT2D eigenvalue weighted by molar-refractivity contribution is 0.0859. The Morgan fingerprint density at radius 2 is 1.94 bits per heavy atom. The van der Waals surface area contributed by atoms with Crippen LogP contribution in [0.3, 0.4) is 0 Å². The molecule has 0 bridgehead atoms. The minimum absolute atomic E-state index is 0.223. The smallest absolute Gasteiger partial charge is 0.251 e. The van der Waals surface area contributed by atoms with Crippen LogP contribution >= 0.6 is 11.3 Å². The zero-order valence-electron chi connectivity index (χ0n) is 18.5. The van der Waals surface area contributed by atoms with Crippen LogP contribution in [0.15, 0.2) is 78.4 Å². The Morgan fingerprint density at radius 1 is 1.12 bits per heavy atom. The number of nitrogens with zero attached hydrogens (tertiary/aromatic N) is 2. The maximum absolute atomic E-state index is 13.0. The number of aliphatic hydroxyl groups is 1. The number of carbonyl (C=O) groups is 1. The van der Waals surface area contributed by atoms with Gasteiger partial charge in [-0.25, -0.2) is 4.98 Å². The van der Waals surface area contributed by atoms with Crippen molar-refractivity contribution in [2.24, 2.45) is 0 Å². The van der Waals surface area contributed by atoms with Gasteiger partial charge in [0.05, 0.1) is 17.8 Å². The van der Waals surface area contributed by atoms with Crippen LogP contribution < -0.4 is 10.6 Å². The van der Waals surface area contributed by atoms with Gasteiger partial charge in [0.1, 0.15) is 0 Å². The summed E-state index contributed by atoms with van der Waals surface area (Å²) in [6, 6.07) is 18.9. The zero-order chi connectivity index (χ0) is 23.2. The number of carbonyl (C=O) groups excluding carboxylic acids is 1. The Morgan fingerprint density at radius 3 is 2.67 bits per heavy atom. The second-order valence-electron chi connectivity index (χ2n) is 8.00. The Kier molecular flexibility index (Phi) is 7.12. The topological polar surface area (TPSA) is 87.1 Å². The SMILES string of the molecule is Cc1cc(Nc2nc(-c3cccnc3)cs2)cc(C(=O)N[C@@H](Cc2ccccc2)[C@@H](C)O)c1. The molecule has 0 aliphatic carbocycles. The highest BCUT2D eigenvalue weighted by Gasteiger charge is 2.19. The molecule has 2 aromatic heterocycles. The average molecular weight is 459 g/mol. The monoisotopic (exact) mass is 458 g/mol. The molecule has 2 aromatic carbocycles. The summed E-state index contributed by atoms with van der Waals surface area (Å²) < 4.78 is 0. The molecule has 0 radical (unpaired) electrons. The Hall–Kier alpha value is -3.55. The highest BCUT2D eigenvalue weighted by molar-refractivity contribution is 7.14. The van der Waals surface area contributed by atoms with Crippen molar-refractivity contribution in [3.05, 3.63) is 95.1 Å². The number of aryl methyl sites for hydroxylation is 1. The van der Waals surface area contributed by atoms with Crippen LogP contribution in [0.4, 0.5) is 10.8 Å². The summed E-state index contributed by atoms with van der Waals surface area (Å²) in [5, 5.41) is 19.2. The molecule has 0 spiro atoms. The quantitative estimate of drug-likeness (QED) is 0.347. The lowest BCUT2D eigenvalue weighted by Crippen LogP contribution is -2.43. The van der Waals surface area contributed by atoms with Crippen molar-refractivity contribution in [2.75, 3.05) is 5.32 Å². The van der Waals surface area contributed by atoms with Crippen LogP contribution in [0.5, 0.6) is 0 Å². The molecule has 2 atom stereocenters. The molecule has 4 rings (SSSR count). The van der Waals surface area contributed by atoms with Gasteiger partial charge in [-0.05, 0) is 61.7 Å². The molecule has 1 amide bonds. The summed E-state index contributed by atoms with van der Waals surface area (Å²) >= 11 is 1.49. The zero-order valence-corrected chi connectivity index (χ0v) is 19.3. The molecule has 0 aliphatic heterocycles. The van der Waals surface area contributed by atoms with E-state index in [2.05, 4.69) is 20.6 Å². The van der Waals surface area contributed by atoms with Gasteiger partial charge in [0, 0.05) is 34.6 Å². The number of amides is 1. The van der Waals surface area contributed by atoms with E-state index >= 15 is 0 Å². The molecule has 0 unspecified atom stereocenters. The van der Waals surface area contributed by atoms with Crippen molar-refractivity contribution in [3.8, 4) is 11.3 Å². The van der Waals surface area contributed by atoms with E-state index in [1.807, 2.05) is 66.9 Å². The first-order valence-corrected chi connectivity index (χ1v) is 11.6. The van der Waals surface area contributed by atoms with E-state index in [0.29, 0.717) is 12.0 Å². The average Bonchev–Trinajstić information content (AvgIpc) is 3.28. The van der Waals surface area contributed by atoms with Gasteiger partial charge in [0.15, 0.2) is 5.13 Å². The lowest BCUT2D eigenvalue weighted by atomic mass is 10.0. The fourth-order valence-electron chi connectivity index (χ4n) is 3.55. The first-order chi connectivity index (χ1) is 16.0. The first kappa shape index (κ1) is 22.6. The molecule has 0 fully saturated rings. The normalized spacial score (nSPS) is 12.7. The maximum Gasteiger partial charge on any atom is 0.251 e. The van der Waals surface area contributed by atoms with Crippen LogP contribution in [0, 0.1) is 6.92 Å². The van der Waals surface area contributed by atoms with Crippen molar-refractivity contribution >= 4 is 28.1 Å². The largest absolute Gasteiger partial charge is 0.391 e. The number of benzene rings is 2. The van der Waals surface area contributed by atoms with Gasteiger partial charge < -0.3 is 15.7 Å². The van der Waals surface area contributed by atoms with E-state index in [1.165, 1.54) is 11.3 Å².